The summed E-state index contributed by atoms with van der Waals surface area (Å²) in [5.74, 6) is 0.222. The molecule has 0 saturated carbocycles. The Hall–Kier alpha value is -1.95. The SMILES string of the molecule is CN=C(NCCc1cc(F)ccc1F)NCC(C)c1ccsc1. The van der Waals surface area contributed by atoms with Gasteiger partial charge in [0.05, 0.1) is 0 Å². The van der Waals surface area contributed by atoms with Gasteiger partial charge in [-0.2, -0.15) is 11.3 Å². The van der Waals surface area contributed by atoms with Gasteiger partial charge < -0.3 is 10.6 Å². The fourth-order valence-electron chi connectivity index (χ4n) is 2.19. The predicted molar refractivity (Wildman–Crippen MR) is 92.2 cm³/mol. The molecule has 3 nitrogen and oxygen atoms in total. The number of halogens is 2. The summed E-state index contributed by atoms with van der Waals surface area (Å²) >= 11 is 1.68. The summed E-state index contributed by atoms with van der Waals surface area (Å²) < 4.78 is 26.7. The third-order valence-corrected chi connectivity index (χ3v) is 4.31. The van der Waals surface area contributed by atoms with Gasteiger partial charge in [-0.1, -0.05) is 6.92 Å². The van der Waals surface area contributed by atoms with Crippen molar-refractivity contribution in [3.05, 3.63) is 57.8 Å². The Balaban J connectivity index is 1.78. The second kappa shape index (κ2) is 8.62. The molecule has 0 amide bonds. The lowest BCUT2D eigenvalue weighted by Crippen LogP contribution is -2.39. The molecular weight excluding hydrogens is 316 g/mol. The highest BCUT2D eigenvalue weighted by Crippen LogP contribution is 2.17. The van der Waals surface area contributed by atoms with E-state index in [1.165, 1.54) is 11.6 Å². The average Bonchev–Trinajstić information content (AvgIpc) is 3.08. The van der Waals surface area contributed by atoms with Crippen molar-refractivity contribution in [2.24, 2.45) is 4.99 Å². The molecule has 2 rings (SSSR count). The van der Waals surface area contributed by atoms with E-state index in [2.05, 4.69) is 39.4 Å². The lowest BCUT2D eigenvalue weighted by atomic mass is 10.1. The molecule has 1 aromatic carbocycles. The number of hydrogen-bond acceptors (Lipinski definition) is 2. The number of guanidine groups is 1. The van der Waals surface area contributed by atoms with Crippen LogP contribution in [0, 0.1) is 11.6 Å². The maximum atomic E-state index is 13.5. The first-order valence-corrected chi connectivity index (χ1v) is 8.45. The molecular formula is C17H21F2N3S. The van der Waals surface area contributed by atoms with Crippen LogP contribution in [-0.4, -0.2) is 26.1 Å². The van der Waals surface area contributed by atoms with Crippen molar-refractivity contribution in [2.45, 2.75) is 19.3 Å². The van der Waals surface area contributed by atoms with Crippen LogP contribution in [0.2, 0.25) is 0 Å². The fraction of sp³-hybridized carbons (Fsp3) is 0.353. The number of rotatable bonds is 6. The lowest BCUT2D eigenvalue weighted by molar-refractivity contribution is 0.582. The zero-order valence-corrected chi connectivity index (χ0v) is 14.1. The Kier molecular flexibility index (Phi) is 6.52. The van der Waals surface area contributed by atoms with E-state index in [9.17, 15) is 8.78 Å². The second-order valence-electron chi connectivity index (χ2n) is 5.32. The number of aliphatic imine (C=N–C) groups is 1. The molecule has 2 aromatic rings. The molecule has 0 spiro atoms. The molecule has 0 radical (unpaired) electrons. The molecule has 0 aliphatic rings. The number of hydrogen-bond donors (Lipinski definition) is 2. The molecule has 1 unspecified atom stereocenters. The van der Waals surface area contributed by atoms with Crippen LogP contribution in [0.25, 0.3) is 0 Å². The molecule has 0 saturated heterocycles. The summed E-state index contributed by atoms with van der Waals surface area (Å²) in [6.07, 6.45) is 0.393. The van der Waals surface area contributed by atoms with Crippen LogP contribution in [0.15, 0.2) is 40.0 Å². The van der Waals surface area contributed by atoms with Crippen molar-refractivity contribution >= 4 is 17.3 Å². The smallest absolute Gasteiger partial charge is 0.191 e. The van der Waals surface area contributed by atoms with Crippen LogP contribution in [0.1, 0.15) is 24.0 Å². The Bertz CT molecular complexity index is 641. The zero-order valence-electron chi connectivity index (χ0n) is 13.3. The fourth-order valence-corrected chi connectivity index (χ4v) is 2.98. The van der Waals surface area contributed by atoms with Gasteiger partial charge in [-0.3, -0.25) is 4.99 Å². The molecule has 0 bridgehead atoms. The first kappa shape index (κ1) is 17.4. The lowest BCUT2D eigenvalue weighted by Gasteiger charge is -2.15. The molecule has 124 valence electrons. The van der Waals surface area contributed by atoms with Crippen molar-refractivity contribution < 1.29 is 8.78 Å². The van der Waals surface area contributed by atoms with Gasteiger partial charge in [0.25, 0.3) is 0 Å². The Morgan fingerprint density at radius 3 is 2.78 bits per heavy atom. The van der Waals surface area contributed by atoms with Gasteiger partial charge in [-0.05, 0) is 58.5 Å². The second-order valence-corrected chi connectivity index (χ2v) is 6.10. The van der Waals surface area contributed by atoms with Crippen LogP contribution in [-0.2, 0) is 6.42 Å². The van der Waals surface area contributed by atoms with Crippen LogP contribution < -0.4 is 10.6 Å². The number of nitrogens with zero attached hydrogens (tertiary/aromatic N) is 1. The predicted octanol–water partition coefficient (Wildman–Crippen LogP) is 3.54. The van der Waals surface area contributed by atoms with Crippen molar-refractivity contribution in [2.75, 3.05) is 20.1 Å². The number of nitrogens with one attached hydrogen (secondary N) is 2. The summed E-state index contributed by atoms with van der Waals surface area (Å²) in [5.41, 5.74) is 1.65. The van der Waals surface area contributed by atoms with E-state index in [0.717, 1.165) is 18.7 Å². The minimum atomic E-state index is -0.423. The van der Waals surface area contributed by atoms with Crippen molar-refractivity contribution in [1.82, 2.24) is 10.6 Å². The summed E-state index contributed by atoms with van der Waals surface area (Å²) in [6.45, 7) is 3.38. The van der Waals surface area contributed by atoms with Gasteiger partial charge in [0.2, 0.25) is 0 Å². The summed E-state index contributed by atoms with van der Waals surface area (Å²) in [4.78, 5) is 4.14. The molecule has 23 heavy (non-hydrogen) atoms. The van der Waals surface area contributed by atoms with Crippen LogP contribution in [0.4, 0.5) is 8.78 Å². The van der Waals surface area contributed by atoms with Gasteiger partial charge in [-0.15, -0.1) is 0 Å². The molecule has 0 aliphatic heterocycles. The van der Waals surface area contributed by atoms with E-state index in [-0.39, 0.29) is 5.82 Å². The standard InChI is InChI=1S/C17H21F2N3S/c1-12(14-6-8-23-11-14)10-22-17(20-2)21-7-5-13-9-15(18)3-4-16(13)19/h3-4,6,8-9,11-12H,5,7,10H2,1-2H3,(H2,20,21,22). The monoisotopic (exact) mass is 337 g/mol. The van der Waals surface area contributed by atoms with Gasteiger partial charge in [0.1, 0.15) is 11.6 Å². The third kappa shape index (κ3) is 5.32. The molecule has 1 aromatic heterocycles. The molecule has 0 aliphatic carbocycles. The highest BCUT2D eigenvalue weighted by Gasteiger charge is 2.08. The largest absolute Gasteiger partial charge is 0.356 e. The summed E-state index contributed by atoms with van der Waals surface area (Å²) in [7, 11) is 1.69. The van der Waals surface area contributed by atoms with E-state index in [0.29, 0.717) is 30.4 Å². The molecule has 1 atom stereocenters. The van der Waals surface area contributed by atoms with Crippen molar-refractivity contribution in [3.8, 4) is 0 Å². The van der Waals surface area contributed by atoms with E-state index in [1.54, 1.807) is 18.4 Å². The maximum Gasteiger partial charge on any atom is 0.191 e. The van der Waals surface area contributed by atoms with Gasteiger partial charge >= 0.3 is 0 Å². The van der Waals surface area contributed by atoms with Crippen LogP contribution in [0.5, 0.6) is 0 Å². The van der Waals surface area contributed by atoms with E-state index in [1.807, 2.05) is 0 Å². The summed E-state index contributed by atoms with van der Waals surface area (Å²) in [5, 5.41) is 10.6. The highest BCUT2D eigenvalue weighted by molar-refractivity contribution is 7.07. The maximum absolute atomic E-state index is 13.5. The number of benzene rings is 1. The minimum absolute atomic E-state index is 0.361. The normalized spacial score (nSPS) is 13.0. The van der Waals surface area contributed by atoms with E-state index < -0.39 is 5.82 Å². The molecule has 0 fully saturated rings. The van der Waals surface area contributed by atoms with Crippen LogP contribution in [0.3, 0.4) is 0 Å². The van der Waals surface area contributed by atoms with Gasteiger partial charge in [0.15, 0.2) is 5.96 Å². The van der Waals surface area contributed by atoms with Crippen molar-refractivity contribution in [1.29, 1.82) is 0 Å². The Morgan fingerprint density at radius 1 is 1.26 bits per heavy atom. The number of thiophene rings is 1. The zero-order chi connectivity index (χ0) is 16.7. The first-order chi connectivity index (χ1) is 11.1. The van der Waals surface area contributed by atoms with Crippen LogP contribution >= 0.6 is 11.3 Å². The Labute approximate surface area is 139 Å². The van der Waals surface area contributed by atoms with E-state index >= 15 is 0 Å². The topological polar surface area (TPSA) is 36.4 Å². The van der Waals surface area contributed by atoms with Gasteiger partial charge in [-0.25, -0.2) is 8.78 Å². The Morgan fingerprint density at radius 2 is 2.09 bits per heavy atom. The molecule has 2 N–H and O–H groups in total. The average molecular weight is 337 g/mol. The quantitative estimate of drug-likeness (QED) is 0.625. The van der Waals surface area contributed by atoms with Crippen molar-refractivity contribution in [3.63, 3.8) is 0 Å². The summed E-state index contributed by atoms with van der Waals surface area (Å²) in [6, 6.07) is 5.62. The first-order valence-electron chi connectivity index (χ1n) is 7.50. The highest BCUT2D eigenvalue weighted by atomic mass is 32.1. The van der Waals surface area contributed by atoms with Gasteiger partial charge in [0, 0.05) is 20.1 Å². The van der Waals surface area contributed by atoms with E-state index in [4.69, 9.17) is 0 Å². The molecule has 6 heteroatoms. The molecule has 1 heterocycles. The minimum Gasteiger partial charge on any atom is -0.356 e. The third-order valence-electron chi connectivity index (χ3n) is 3.61.